The molecule has 1 aromatic rings. The van der Waals surface area contributed by atoms with E-state index >= 15 is 0 Å². The molecular formula is C17H27Cl2N3O2S. The minimum absolute atomic E-state index is 0. The maximum absolute atomic E-state index is 12.1. The van der Waals surface area contributed by atoms with Crippen molar-refractivity contribution in [3.63, 3.8) is 0 Å². The Bertz CT molecular complexity index is 507. The molecule has 0 saturated carbocycles. The summed E-state index contributed by atoms with van der Waals surface area (Å²) in [5.41, 5.74) is 2.15. The molecule has 2 N–H and O–H groups in total. The number of halogens is 2. The molecule has 5 nitrogen and oxygen atoms in total. The lowest BCUT2D eigenvalue weighted by molar-refractivity contribution is -0.128. The molecule has 0 aromatic heterocycles. The van der Waals surface area contributed by atoms with Crippen LogP contribution in [0, 0.1) is 0 Å². The molecular weight excluding hydrogens is 381 g/mol. The highest BCUT2D eigenvalue weighted by molar-refractivity contribution is 7.99. The summed E-state index contributed by atoms with van der Waals surface area (Å²) in [7, 11) is 0. The van der Waals surface area contributed by atoms with Crippen LogP contribution in [0.25, 0.3) is 0 Å². The second-order valence-corrected chi connectivity index (χ2v) is 7.18. The number of rotatable bonds is 5. The molecule has 1 atom stereocenters. The minimum Gasteiger partial charge on any atom is -0.366 e. The van der Waals surface area contributed by atoms with Gasteiger partial charge >= 0.3 is 0 Å². The van der Waals surface area contributed by atoms with Gasteiger partial charge in [0.25, 0.3) is 5.91 Å². The number of carbonyl (C=O) groups excluding carboxylic acids is 1. The van der Waals surface area contributed by atoms with Crippen LogP contribution in [-0.2, 0) is 16.0 Å². The first-order chi connectivity index (χ1) is 11.3. The van der Waals surface area contributed by atoms with Gasteiger partial charge in [0.15, 0.2) is 0 Å². The topological polar surface area (TPSA) is 53.6 Å². The molecule has 8 heteroatoms. The molecule has 2 heterocycles. The van der Waals surface area contributed by atoms with Crippen LogP contribution < -0.4 is 10.6 Å². The van der Waals surface area contributed by atoms with Gasteiger partial charge in [-0.25, -0.2) is 0 Å². The van der Waals surface area contributed by atoms with Crippen molar-refractivity contribution in [1.29, 1.82) is 0 Å². The maximum Gasteiger partial charge on any atom is 0.254 e. The molecule has 2 fully saturated rings. The number of carbonyl (C=O) groups is 1. The fraction of sp³-hybridized carbons (Fsp3) is 0.588. The van der Waals surface area contributed by atoms with Crippen LogP contribution in [0.2, 0.25) is 0 Å². The van der Waals surface area contributed by atoms with Crippen molar-refractivity contribution in [3.05, 3.63) is 29.8 Å². The van der Waals surface area contributed by atoms with E-state index in [9.17, 15) is 4.79 Å². The number of benzene rings is 1. The summed E-state index contributed by atoms with van der Waals surface area (Å²) >= 11 is 2.04. The molecule has 0 aliphatic carbocycles. The zero-order valence-corrected chi connectivity index (χ0v) is 16.7. The molecule has 3 rings (SSSR count). The van der Waals surface area contributed by atoms with Gasteiger partial charge < -0.3 is 20.3 Å². The number of hydrogen-bond donors (Lipinski definition) is 2. The van der Waals surface area contributed by atoms with Crippen LogP contribution in [0.15, 0.2) is 24.3 Å². The van der Waals surface area contributed by atoms with Gasteiger partial charge in [-0.05, 0) is 24.1 Å². The van der Waals surface area contributed by atoms with Crippen molar-refractivity contribution in [2.45, 2.75) is 12.5 Å². The van der Waals surface area contributed by atoms with Crippen LogP contribution in [0.4, 0.5) is 5.69 Å². The first-order valence-electron chi connectivity index (χ1n) is 8.33. The summed E-state index contributed by atoms with van der Waals surface area (Å²) < 4.78 is 5.46. The van der Waals surface area contributed by atoms with Crippen molar-refractivity contribution in [2.75, 3.05) is 56.2 Å². The number of hydrogen-bond acceptors (Lipinski definition) is 5. The summed E-state index contributed by atoms with van der Waals surface area (Å²) in [6.45, 7) is 5.51. The number of ether oxygens (including phenoxy) is 1. The van der Waals surface area contributed by atoms with Crippen LogP contribution >= 0.6 is 36.6 Å². The van der Waals surface area contributed by atoms with Gasteiger partial charge in [0.05, 0.1) is 6.61 Å². The fourth-order valence-corrected chi connectivity index (χ4v) is 3.80. The first-order valence-corrected chi connectivity index (χ1v) is 9.49. The Morgan fingerprint density at radius 2 is 1.96 bits per heavy atom. The monoisotopic (exact) mass is 407 g/mol. The smallest absolute Gasteiger partial charge is 0.254 e. The molecule has 0 bridgehead atoms. The molecule has 1 unspecified atom stereocenters. The Balaban J connectivity index is 0.00000156. The summed E-state index contributed by atoms with van der Waals surface area (Å²) in [4.78, 5) is 14.6. The maximum atomic E-state index is 12.1. The van der Waals surface area contributed by atoms with Crippen molar-refractivity contribution in [1.82, 2.24) is 10.2 Å². The van der Waals surface area contributed by atoms with E-state index in [1.165, 1.54) is 30.2 Å². The van der Waals surface area contributed by atoms with Gasteiger partial charge in [0.2, 0.25) is 0 Å². The van der Waals surface area contributed by atoms with E-state index in [-0.39, 0.29) is 36.8 Å². The van der Waals surface area contributed by atoms with Crippen LogP contribution in [0.1, 0.15) is 5.56 Å². The molecule has 2 aliphatic heterocycles. The third-order valence-electron chi connectivity index (χ3n) is 4.26. The summed E-state index contributed by atoms with van der Waals surface area (Å²) in [6, 6.07) is 8.17. The fourth-order valence-electron chi connectivity index (χ4n) is 2.82. The Hall–Kier alpha value is -0.500. The quantitative estimate of drug-likeness (QED) is 0.781. The Kier molecular flexibility index (Phi) is 10.8. The average molecular weight is 408 g/mol. The zero-order chi connectivity index (χ0) is 15.9. The summed E-state index contributed by atoms with van der Waals surface area (Å²) in [5.74, 6) is 2.43. The number of morpholine rings is 1. The van der Waals surface area contributed by atoms with E-state index in [0.29, 0.717) is 13.2 Å². The lowest BCUT2D eigenvalue weighted by Crippen LogP contribution is -2.45. The summed E-state index contributed by atoms with van der Waals surface area (Å²) in [5, 5.41) is 6.09. The van der Waals surface area contributed by atoms with Crippen LogP contribution in [-0.4, -0.2) is 67.7 Å². The van der Waals surface area contributed by atoms with Gasteiger partial charge in [-0.15, -0.1) is 24.8 Å². The minimum atomic E-state index is -0.389. The normalized spacial score (nSPS) is 20.9. The number of nitrogens with zero attached hydrogens (tertiary/aromatic N) is 1. The van der Waals surface area contributed by atoms with E-state index < -0.39 is 0 Å². The lowest BCUT2D eigenvalue weighted by atomic mass is 10.1. The van der Waals surface area contributed by atoms with Crippen LogP contribution in [0.3, 0.4) is 0 Å². The molecule has 1 amide bonds. The molecule has 142 valence electrons. The van der Waals surface area contributed by atoms with Crippen molar-refractivity contribution in [3.8, 4) is 0 Å². The highest BCUT2D eigenvalue weighted by atomic mass is 35.5. The van der Waals surface area contributed by atoms with Gasteiger partial charge in [-0.3, -0.25) is 4.79 Å². The van der Waals surface area contributed by atoms with E-state index in [1.54, 1.807) is 0 Å². The largest absolute Gasteiger partial charge is 0.366 e. The second kappa shape index (κ2) is 12.0. The van der Waals surface area contributed by atoms with Crippen molar-refractivity contribution in [2.24, 2.45) is 0 Å². The zero-order valence-electron chi connectivity index (χ0n) is 14.2. The molecule has 25 heavy (non-hydrogen) atoms. The van der Waals surface area contributed by atoms with E-state index in [0.717, 1.165) is 25.2 Å². The van der Waals surface area contributed by atoms with Gasteiger partial charge in [0, 0.05) is 49.9 Å². The molecule has 2 aliphatic rings. The van der Waals surface area contributed by atoms with Crippen LogP contribution in [0.5, 0.6) is 0 Å². The highest BCUT2D eigenvalue weighted by Crippen LogP contribution is 2.13. The predicted molar refractivity (Wildman–Crippen MR) is 110 cm³/mol. The third kappa shape index (κ3) is 7.33. The molecule has 2 saturated heterocycles. The number of anilines is 1. The summed E-state index contributed by atoms with van der Waals surface area (Å²) in [6.07, 6.45) is 0.676. The Labute approximate surface area is 166 Å². The van der Waals surface area contributed by atoms with E-state index in [4.69, 9.17) is 4.74 Å². The molecule has 0 radical (unpaired) electrons. The Morgan fingerprint density at radius 1 is 1.24 bits per heavy atom. The predicted octanol–water partition coefficient (Wildman–Crippen LogP) is 2.05. The second-order valence-electron chi connectivity index (χ2n) is 5.95. The molecule has 0 spiro atoms. The average Bonchev–Trinajstić information content (AvgIpc) is 2.63. The Morgan fingerprint density at radius 3 is 2.60 bits per heavy atom. The number of thioether (sulfide) groups is 1. The van der Waals surface area contributed by atoms with Gasteiger partial charge in [-0.2, -0.15) is 11.8 Å². The number of nitrogens with one attached hydrogen (secondary N) is 2. The third-order valence-corrected chi connectivity index (χ3v) is 5.20. The first kappa shape index (κ1) is 22.5. The van der Waals surface area contributed by atoms with Crippen molar-refractivity contribution >= 4 is 48.2 Å². The van der Waals surface area contributed by atoms with Crippen molar-refractivity contribution < 1.29 is 9.53 Å². The van der Waals surface area contributed by atoms with E-state index in [2.05, 4.69) is 27.7 Å². The number of amides is 1. The molecule has 1 aromatic carbocycles. The van der Waals surface area contributed by atoms with E-state index in [1.807, 2.05) is 23.9 Å². The lowest BCUT2D eigenvalue weighted by Gasteiger charge is -2.26. The van der Waals surface area contributed by atoms with Gasteiger partial charge in [-0.1, -0.05) is 12.1 Å². The SMILES string of the molecule is Cl.Cl.O=C(Nc1ccc(CCN2CCSCC2)cc1)C1CNCCO1. The standard InChI is InChI=1S/C17H25N3O2S.2ClH/c21-17(16-13-18-6-10-22-16)19-15-3-1-14(2-4-15)5-7-20-8-11-23-12-9-20;;/h1-4,16,18H,5-13H2,(H,19,21);2*1H. The highest BCUT2D eigenvalue weighted by Gasteiger charge is 2.21. The van der Waals surface area contributed by atoms with Gasteiger partial charge in [0.1, 0.15) is 6.10 Å².